The van der Waals surface area contributed by atoms with E-state index in [1.807, 2.05) is 0 Å². The summed E-state index contributed by atoms with van der Waals surface area (Å²) in [5.41, 5.74) is 0. The summed E-state index contributed by atoms with van der Waals surface area (Å²) >= 11 is 0. The lowest BCUT2D eigenvalue weighted by atomic mass is 9.74. The van der Waals surface area contributed by atoms with Crippen molar-refractivity contribution in [3.63, 3.8) is 0 Å². The topological polar surface area (TPSA) is 0 Å². The maximum atomic E-state index is 2.43. The van der Waals surface area contributed by atoms with Gasteiger partial charge in [-0.05, 0) is 30.1 Å². The average Bonchev–Trinajstić information content (AvgIpc) is 2.36. The van der Waals surface area contributed by atoms with Crippen LogP contribution in [0.25, 0.3) is 0 Å². The summed E-state index contributed by atoms with van der Waals surface area (Å²) in [6, 6.07) is 0. The minimum absolute atomic E-state index is 0. The van der Waals surface area contributed by atoms with Gasteiger partial charge in [-0.15, -0.1) is 0 Å². The Hall–Kier alpha value is 0. The van der Waals surface area contributed by atoms with Crippen LogP contribution in [0.1, 0.15) is 107 Å². The van der Waals surface area contributed by atoms with E-state index < -0.39 is 0 Å². The summed E-state index contributed by atoms with van der Waals surface area (Å²) in [4.78, 5) is 0. The first kappa shape index (κ1) is 22.3. The highest BCUT2D eigenvalue weighted by Gasteiger charge is 2.24. The number of hydrogen-bond donors (Lipinski definition) is 0. The molecular formula is C20H44. The van der Waals surface area contributed by atoms with Crippen molar-refractivity contribution >= 4 is 0 Å². The molecule has 0 N–H and O–H groups in total. The molecule has 2 rings (SSSR count). The quantitative estimate of drug-likeness (QED) is 0.487. The predicted octanol–water partition coefficient (Wildman–Crippen LogP) is 7.72. The molecule has 0 unspecified atom stereocenters. The van der Waals surface area contributed by atoms with Crippen LogP contribution in [0.4, 0.5) is 0 Å². The largest absolute Gasteiger partial charge is 0.0776 e. The molecule has 0 atom stereocenters. The molecular weight excluding hydrogens is 240 g/mol. The molecule has 0 heterocycles. The van der Waals surface area contributed by atoms with Crippen LogP contribution >= 0.6 is 0 Å². The molecule has 0 spiro atoms. The molecule has 0 bridgehead atoms. The van der Waals surface area contributed by atoms with Gasteiger partial charge < -0.3 is 0 Å². The van der Waals surface area contributed by atoms with Crippen molar-refractivity contribution in [3.8, 4) is 0 Å². The average molecular weight is 285 g/mol. The predicted molar refractivity (Wildman–Crippen MR) is 96.3 cm³/mol. The second-order valence-corrected chi connectivity index (χ2v) is 7.19. The Morgan fingerprint density at radius 3 is 1.10 bits per heavy atom. The van der Waals surface area contributed by atoms with Gasteiger partial charge in [-0.2, -0.15) is 0 Å². The second-order valence-electron chi connectivity index (χ2n) is 7.19. The molecule has 0 saturated heterocycles. The Morgan fingerprint density at radius 2 is 0.850 bits per heavy atom. The van der Waals surface area contributed by atoms with E-state index in [0.717, 1.165) is 23.7 Å². The Bertz CT molecular complexity index is 160. The third kappa shape index (κ3) is 9.03. The van der Waals surface area contributed by atoms with Crippen LogP contribution in [0, 0.1) is 23.7 Å². The van der Waals surface area contributed by atoms with Gasteiger partial charge in [0.1, 0.15) is 0 Å². The van der Waals surface area contributed by atoms with E-state index >= 15 is 0 Å². The monoisotopic (exact) mass is 284 g/mol. The van der Waals surface area contributed by atoms with Crippen LogP contribution in [-0.2, 0) is 0 Å². The van der Waals surface area contributed by atoms with E-state index in [9.17, 15) is 0 Å². The SMILES string of the molecule is C.C.CC1CCC(CC2CCC(C)CC2)CC1.CCC. The van der Waals surface area contributed by atoms with Gasteiger partial charge in [0, 0.05) is 0 Å². The summed E-state index contributed by atoms with van der Waals surface area (Å²) in [6.45, 7) is 9.11. The summed E-state index contributed by atoms with van der Waals surface area (Å²) in [5.74, 6) is 4.24. The van der Waals surface area contributed by atoms with Crippen LogP contribution in [0.3, 0.4) is 0 Å². The van der Waals surface area contributed by atoms with Crippen molar-refractivity contribution in [2.24, 2.45) is 23.7 Å². The van der Waals surface area contributed by atoms with Crippen LogP contribution < -0.4 is 0 Å². The van der Waals surface area contributed by atoms with Gasteiger partial charge in [-0.25, -0.2) is 0 Å². The van der Waals surface area contributed by atoms with Crippen LogP contribution in [-0.4, -0.2) is 0 Å². The summed E-state index contributed by atoms with van der Waals surface area (Å²) in [7, 11) is 0. The lowest BCUT2D eigenvalue weighted by Gasteiger charge is -2.32. The molecule has 20 heavy (non-hydrogen) atoms. The van der Waals surface area contributed by atoms with Crippen molar-refractivity contribution in [2.45, 2.75) is 107 Å². The minimum atomic E-state index is 0. The fourth-order valence-corrected chi connectivity index (χ4v) is 3.60. The van der Waals surface area contributed by atoms with Gasteiger partial charge in [-0.3, -0.25) is 0 Å². The molecule has 0 aromatic carbocycles. The molecule has 0 nitrogen and oxygen atoms in total. The Morgan fingerprint density at radius 1 is 0.600 bits per heavy atom. The van der Waals surface area contributed by atoms with Crippen LogP contribution in [0.2, 0.25) is 0 Å². The second kappa shape index (κ2) is 12.7. The molecule has 2 fully saturated rings. The minimum Gasteiger partial charge on any atom is -0.0776 e. The molecule has 0 heteroatoms. The van der Waals surface area contributed by atoms with Gasteiger partial charge in [-0.1, -0.05) is 100 Å². The Labute approximate surface area is 131 Å². The fraction of sp³-hybridized carbons (Fsp3) is 1.00. The zero-order chi connectivity index (χ0) is 13.4. The standard InChI is InChI=1S/C15H28.C3H8.2CH4/c1-12-3-7-14(8-4-12)11-15-9-5-13(2)6-10-15;1-3-2;;/h12-15H,3-11H2,1-2H3;3H2,1-2H3;2*1H4. The lowest BCUT2D eigenvalue weighted by molar-refractivity contribution is 0.201. The van der Waals surface area contributed by atoms with Crippen LogP contribution in [0.15, 0.2) is 0 Å². The zero-order valence-electron chi connectivity index (χ0n) is 13.4. The normalized spacial score (nSPS) is 33.0. The molecule has 0 aliphatic heterocycles. The molecule has 124 valence electrons. The van der Waals surface area contributed by atoms with E-state index in [4.69, 9.17) is 0 Å². The number of rotatable bonds is 2. The summed E-state index contributed by atoms with van der Waals surface area (Å²) in [6.07, 6.45) is 15.0. The van der Waals surface area contributed by atoms with Crippen LogP contribution in [0.5, 0.6) is 0 Å². The van der Waals surface area contributed by atoms with E-state index in [-0.39, 0.29) is 14.9 Å². The highest BCUT2D eigenvalue weighted by atomic mass is 14.3. The first-order valence-corrected chi connectivity index (χ1v) is 8.65. The molecule has 2 saturated carbocycles. The molecule has 0 radical (unpaired) electrons. The lowest BCUT2D eigenvalue weighted by Crippen LogP contribution is -2.19. The smallest absolute Gasteiger partial charge is 0.0411 e. The molecule has 0 aromatic rings. The highest BCUT2D eigenvalue weighted by Crippen LogP contribution is 2.37. The zero-order valence-corrected chi connectivity index (χ0v) is 13.4. The van der Waals surface area contributed by atoms with Crippen molar-refractivity contribution in [2.75, 3.05) is 0 Å². The first-order valence-electron chi connectivity index (χ1n) is 8.65. The van der Waals surface area contributed by atoms with Gasteiger partial charge in [0.05, 0.1) is 0 Å². The van der Waals surface area contributed by atoms with E-state index in [1.54, 1.807) is 6.42 Å². The van der Waals surface area contributed by atoms with Gasteiger partial charge >= 0.3 is 0 Å². The molecule has 0 amide bonds. The molecule has 2 aliphatic carbocycles. The first-order chi connectivity index (χ1) is 8.65. The van der Waals surface area contributed by atoms with E-state index in [2.05, 4.69) is 27.7 Å². The Balaban J connectivity index is 0. The third-order valence-corrected chi connectivity index (χ3v) is 4.94. The summed E-state index contributed by atoms with van der Waals surface area (Å²) < 4.78 is 0. The maximum Gasteiger partial charge on any atom is -0.0411 e. The van der Waals surface area contributed by atoms with Gasteiger partial charge in [0.2, 0.25) is 0 Å². The summed E-state index contributed by atoms with van der Waals surface area (Å²) in [5, 5.41) is 0. The van der Waals surface area contributed by atoms with Gasteiger partial charge in [0.25, 0.3) is 0 Å². The molecule has 0 aromatic heterocycles. The maximum absolute atomic E-state index is 2.43. The molecule has 2 aliphatic rings. The van der Waals surface area contributed by atoms with Gasteiger partial charge in [0.15, 0.2) is 0 Å². The van der Waals surface area contributed by atoms with E-state index in [1.165, 1.54) is 57.8 Å². The van der Waals surface area contributed by atoms with E-state index in [0.29, 0.717) is 0 Å². The van der Waals surface area contributed by atoms with Crippen molar-refractivity contribution in [1.29, 1.82) is 0 Å². The van der Waals surface area contributed by atoms with Crippen molar-refractivity contribution in [1.82, 2.24) is 0 Å². The highest BCUT2D eigenvalue weighted by molar-refractivity contribution is 4.76. The van der Waals surface area contributed by atoms with Crippen molar-refractivity contribution < 1.29 is 0 Å². The Kier molecular flexibility index (Phi) is 14.2. The number of hydrogen-bond acceptors (Lipinski definition) is 0. The van der Waals surface area contributed by atoms with Crippen molar-refractivity contribution in [3.05, 3.63) is 0 Å². The fourth-order valence-electron chi connectivity index (χ4n) is 3.60. The third-order valence-electron chi connectivity index (χ3n) is 4.94.